The van der Waals surface area contributed by atoms with Crippen LogP contribution in [0.3, 0.4) is 0 Å². The molecule has 0 spiro atoms. The molecule has 0 aliphatic carbocycles. The first-order valence-corrected chi connectivity index (χ1v) is 7.12. The molecule has 1 aromatic carbocycles. The van der Waals surface area contributed by atoms with Crippen molar-refractivity contribution in [1.82, 2.24) is 4.98 Å². The Morgan fingerprint density at radius 2 is 2.00 bits per heavy atom. The fraction of sp³-hybridized carbons (Fsp3) is 0.312. The van der Waals surface area contributed by atoms with Crippen molar-refractivity contribution in [3.8, 4) is 5.75 Å². The Morgan fingerprint density at radius 3 is 2.65 bits per heavy atom. The van der Waals surface area contributed by atoms with Gasteiger partial charge >= 0.3 is 0 Å². The highest BCUT2D eigenvalue weighted by molar-refractivity contribution is 6.31. The zero-order valence-corrected chi connectivity index (χ0v) is 12.3. The van der Waals surface area contributed by atoms with E-state index in [4.69, 9.17) is 22.1 Å². The number of halogens is 1. The maximum atomic E-state index is 6.03. The third-order valence-electron chi connectivity index (χ3n) is 3.20. The molecule has 2 N–H and O–H groups in total. The monoisotopic (exact) mass is 290 g/mol. The number of hydrogen-bond acceptors (Lipinski definition) is 3. The highest BCUT2D eigenvalue weighted by Gasteiger charge is 2.03. The Morgan fingerprint density at radius 1 is 1.25 bits per heavy atom. The first-order chi connectivity index (χ1) is 9.69. The number of hydrogen-bond donors (Lipinski definition) is 1. The minimum Gasteiger partial charge on any atom is -0.489 e. The summed E-state index contributed by atoms with van der Waals surface area (Å²) in [5.41, 5.74) is 8.10. The summed E-state index contributed by atoms with van der Waals surface area (Å²) in [5.74, 6) is 0.826. The van der Waals surface area contributed by atoms with Gasteiger partial charge in [0.05, 0.1) is 5.02 Å². The summed E-state index contributed by atoms with van der Waals surface area (Å²) >= 11 is 6.03. The molecule has 2 aromatic rings. The van der Waals surface area contributed by atoms with Crippen LogP contribution >= 0.6 is 11.6 Å². The van der Waals surface area contributed by atoms with Gasteiger partial charge < -0.3 is 10.5 Å². The van der Waals surface area contributed by atoms with Crippen LogP contribution in [0.1, 0.15) is 24.5 Å². The van der Waals surface area contributed by atoms with Gasteiger partial charge in [-0.3, -0.25) is 4.98 Å². The second-order valence-corrected chi connectivity index (χ2v) is 5.18. The minimum atomic E-state index is 0.220. The van der Waals surface area contributed by atoms with Gasteiger partial charge in [-0.15, -0.1) is 0 Å². The van der Waals surface area contributed by atoms with E-state index in [1.165, 1.54) is 5.56 Å². The molecule has 0 bridgehead atoms. The number of benzene rings is 1. The van der Waals surface area contributed by atoms with Crippen molar-refractivity contribution in [3.63, 3.8) is 0 Å². The topological polar surface area (TPSA) is 48.1 Å². The molecule has 1 heterocycles. The molecule has 0 saturated carbocycles. The maximum Gasteiger partial charge on any atom is 0.119 e. The second kappa shape index (κ2) is 7.27. The first kappa shape index (κ1) is 14.8. The standard InChI is InChI=1S/C16H19ClN2O/c1-2-14(18)9-12-3-5-15(6-4-12)20-11-13-7-8-19-10-16(13)17/h3-8,10,14H,2,9,11,18H2,1H3. The molecule has 0 aliphatic rings. The SMILES string of the molecule is CCC(N)Cc1ccc(OCc2ccncc2Cl)cc1. The summed E-state index contributed by atoms with van der Waals surface area (Å²) < 4.78 is 5.72. The second-order valence-electron chi connectivity index (χ2n) is 4.77. The van der Waals surface area contributed by atoms with Gasteiger partial charge in [0.2, 0.25) is 0 Å². The highest BCUT2D eigenvalue weighted by Crippen LogP contribution is 2.18. The molecule has 1 unspecified atom stereocenters. The van der Waals surface area contributed by atoms with E-state index in [9.17, 15) is 0 Å². The van der Waals surface area contributed by atoms with E-state index in [1.807, 2.05) is 18.2 Å². The van der Waals surface area contributed by atoms with Gasteiger partial charge in [0.15, 0.2) is 0 Å². The van der Waals surface area contributed by atoms with E-state index >= 15 is 0 Å². The third-order valence-corrected chi connectivity index (χ3v) is 3.54. The van der Waals surface area contributed by atoms with Gasteiger partial charge in [-0.05, 0) is 36.6 Å². The van der Waals surface area contributed by atoms with E-state index in [-0.39, 0.29) is 6.04 Å². The van der Waals surface area contributed by atoms with Crippen LogP contribution in [0, 0.1) is 0 Å². The number of ether oxygens (including phenoxy) is 1. The van der Waals surface area contributed by atoms with E-state index in [0.29, 0.717) is 11.6 Å². The predicted octanol–water partition coefficient (Wildman–Crippen LogP) is 3.59. The lowest BCUT2D eigenvalue weighted by Crippen LogP contribution is -2.21. The molecule has 2 rings (SSSR count). The summed E-state index contributed by atoms with van der Waals surface area (Å²) in [4.78, 5) is 3.95. The highest BCUT2D eigenvalue weighted by atomic mass is 35.5. The molecular formula is C16H19ClN2O. The number of nitrogens with two attached hydrogens (primary N) is 1. The lowest BCUT2D eigenvalue weighted by Gasteiger charge is -2.10. The van der Waals surface area contributed by atoms with E-state index in [2.05, 4.69) is 24.0 Å². The van der Waals surface area contributed by atoms with Crippen LogP contribution in [-0.4, -0.2) is 11.0 Å². The average molecular weight is 291 g/mol. The quantitative estimate of drug-likeness (QED) is 0.884. The number of nitrogens with zero attached hydrogens (tertiary/aromatic N) is 1. The van der Waals surface area contributed by atoms with E-state index in [1.54, 1.807) is 12.4 Å². The molecule has 0 fully saturated rings. The van der Waals surface area contributed by atoms with Crippen molar-refractivity contribution in [3.05, 3.63) is 58.9 Å². The Labute approximate surface area is 124 Å². The van der Waals surface area contributed by atoms with Gasteiger partial charge in [-0.1, -0.05) is 30.7 Å². The van der Waals surface area contributed by atoms with Crippen LogP contribution in [-0.2, 0) is 13.0 Å². The minimum absolute atomic E-state index is 0.220. The van der Waals surface area contributed by atoms with Crippen molar-refractivity contribution < 1.29 is 4.74 Å². The fourth-order valence-electron chi connectivity index (χ4n) is 1.85. The van der Waals surface area contributed by atoms with Crippen LogP contribution in [0.4, 0.5) is 0 Å². The van der Waals surface area contributed by atoms with Crippen LogP contribution in [0.25, 0.3) is 0 Å². The van der Waals surface area contributed by atoms with Gasteiger partial charge in [-0.2, -0.15) is 0 Å². The van der Waals surface area contributed by atoms with Gasteiger partial charge in [0.1, 0.15) is 12.4 Å². The van der Waals surface area contributed by atoms with Crippen LogP contribution in [0.5, 0.6) is 5.75 Å². The van der Waals surface area contributed by atoms with Gasteiger partial charge in [-0.25, -0.2) is 0 Å². The molecule has 0 amide bonds. The summed E-state index contributed by atoms with van der Waals surface area (Å²) in [6, 6.07) is 10.1. The van der Waals surface area contributed by atoms with Crippen molar-refractivity contribution >= 4 is 11.6 Å². The summed E-state index contributed by atoms with van der Waals surface area (Å²) in [7, 11) is 0. The first-order valence-electron chi connectivity index (χ1n) is 6.74. The predicted molar refractivity (Wildman–Crippen MR) is 82.0 cm³/mol. The largest absolute Gasteiger partial charge is 0.489 e. The Bertz CT molecular complexity index is 542. The van der Waals surface area contributed by atoms with Crippen LogP contribution < -0.4 is 10.5 Å². The Hall–Kier alpha value is -1.58. The summed E-state index contributed by atoms with van der Waals surface area (Å²) in [6.07, 6.45) is 5.21. The Balaban J connectivity index is 1.92. The molecule has 3 nitrogen and oxygen atoms in total. The molecule has 0 saturated heterocycles. The van der Waals surface area contributed by atoms with Crippen molar-refractivity contribution in [2.75, 3.05) is 0 Å². The lowest BCUT2D eigenvalue weighted by atomic mass is 10.0. The van der Waals surface area contributed by atoms with Gasteiger partial charge in [0, 0.05) is 24.0 Å². The third kappa shape index (κ3) is 4.22. The van der Waals surface area contributed by atoms with Crippen molar-refractivity contribution in [2.24, 2.45) is 5.73 Å². The molecule has 0 radical (unpaired) electrons. The molecule has 0 aliphatic heterocycles. The van der Waals surface area contributed by atoms with Crippen molar-refractivity contribution in [1.29, 1.82) is 0 Å². The summed E-state index contributed by atoms with van der Waals surface area (Å²) in [5, 5.41) is 0.623. The number of pyridine rings is 1. The normalized spacial score (nSPS) is 12.2. The molecule has 20 heavy (non-hydrogen) atoms. The smallest absolute Gasteiger partial charge is 0.119 e. The maximum absolute atomic E-state index is 6.03. The number of rotatable bonds is 6. The molecular weight excluding hydrogens is 272 g/mol. The van der Waals surface area contributed by atoms with E-state index < -0.39 is 0 Å². The fourth-order valence-corrected chi connectivity index (χ4v) is 2.02. The molecule has 1 atom stereocenters. The zero-order chi connectivity index (χ0) is 14.4. The summed E-state index contributed by atoms with van der Waals surface area (Å²) in [6.45, 7) is 2.54. The Kier molecular flexibility index (Phi) is 5.39. The van der Waals surface area contributed by atoms with Gasteiger partial charge in [0.25, 0.3) is 0 Å². The lowest BCUT2D eigenvalue weighted by molar-refractivity contribution is 0.306. The van der Waals surface area contributed by atoms with E-state index in [0.717, 1.165) is 24.2 Å². The molecule has 1 aromatic heterocycles. The molecule has 106 valence electrons. The van der Waals surface area contributed by atoms with Crippen molar-refractivity contribution in [2.45, 2.75) is 32.4 Å². The zero-order valence-electron chi connectivity index (χ0n) is 11.6. The average Bonchev–Trinajstić information content (AvgIpc) is 2.48. The van der Waals surface area contributed by atoms with Crippen LogP contribution in [0.15, 0.2) is 42.7 Å². The molecule has 4 heteroatoms. The van der Waals surface area contributed by atoms with Crippen LogP contribution in [0.2, 0.25) is 5.02 Å². The number of aromatic nitrogens is 1.